The van der Waals surface area contributed by atoms with Crippen LogP contribution in [0.2, 0.25) is 0 Å². The van der Waals surface area contributed by atoms with Crippen molar-refractivity contribution in [1.82, 2.24) is 24.5 Å². The summed E-state index contributed by atoms with van der Waals surface area (Å²) in [5.41, 5.74) is 17.9. The van der Waals surface area contributed by atoms with Crippen LogP contribution in [-0.2, 0) is 6.54 Å². The number of nitrogens with zero attached hydrogens (tertiary/aromatic N) is 5. The van der Waals surface area contributed by atoms with Crippen LogP contribution in [0.5, 0.6) is 0 Å². The summed E-state index contributed by atoms with van der Waals surface area (Å²) in [6, 6.07) is 19.6. The lowest BCUT2D eigenvalue weighted by atomic mass is 10.2. The zero-order valence-electron chi connectivity index (χ0n) is 16.5. The van der Waals surface area contributed by atoms with Crippen LogP contribution >= 0.6 is 12.4 Å². The Balaban J connectivity index is 0.00000231. The van der Waals surface area contributed by atoms with Gasteiger partial charge in [-0.25, -0.2) is 15.0 Å². The quantitative estimate of drug-likeness (QED) is 0.446. The van der Waals surface area contributed by atoms with E-state index in [9.17, 15) is 0 Å². The number of benzene rings is 1. The number of fused-ring (bicyclic) bond motifs is 1. The number of rotatable bonds is 4. The summed E-state index contributed by atoms with van der Waals surface area (Å²) < 4.78 is 2.00. The van der Waals surface area contributed by atoms with Crippen LogP contribution in [0.25, 0.3) is 39.5 Å². The molecule has 0 bridgehead atoms. The monoisotopic (exact) mass is 429 g/mol. The van der Waals surface area contributed by atoms with Gasteiger partial charge in [0, 0.05) is 36.4 Å². The molecular weight excluding hydrogens is 410 g/mol. The summed E-state index contributed by atoms with van der Waals surface area (Å²) in [5, 5.41) is 0. The molecule has 0 radical (unpaired) electrons. The van der Waals surface area contributed by atoms with Crippen molar-refractivity contribution in [3.05, 3.63) is 84.8 Å². The molecule has 0 aliphatic rings. The number of imidazole rings is 1. The van der Waals surface area contributed by atoms with E-state index < -0.39 is 0 Å². The van der Waals surface area contributed by atoms with Crippen molar-refractivity contribution in [1.29, 1.82) is 0 Å². The van der Waals surface area contributed by atoms with E-state index in [1.54, 1.807) is 18.6 Å². The molecule has 4 heterocycles. The number of nitrogen functional groups attached to an aromatic ring is 1. The highest BCUT2D eigenvalue weighted by atomic mass is 35.5. The largest absolute Gasteiger partial charge is 0.383 e. The van der Waals surface area contributed by atoms with Crippen molar-refractivity contribution in [3.63, 3.8) is 0 Å². The maximum Gasteiger partial charge on any atom is 0.165 e. The second-order valence-electron chi connectivity index (χ2n) is 6.86. The average Bonchev–Trinajstić information content (AvgIpc) is 3.18. The zero-order valence-corrected chi connectivity index (χ0v) is 17.3. The first-order chi connectivity index (χ1) is 14.7. The molecule has 4 aromatic heterocycles. The van der Waals surface area contributed by atoms with Crippen molar-refractivity contribution in [2.24, 2.45) is 5.73 Å². The molecule has 0 unspecified atom stereocenters. The molecule has 0 atom stereocenters. The molecule has 8 heteroatoms. The topological polar surface area (TPSA) is 109 Å². The Morgan fingerprint density at radius 2 is 1.68 bits per heavy atom. The Hall–Kier alpha value is -3.81. The SMILES string of the molecule is Cl.NCc1ccc(-n2c(-c3cccnc3N)nc3ccc(-c4cccnc4)nc32)cc1. The summed E-state index contributed by atoms with van der Waals surface area (Å²) in [5.74, 6) is 1.10. The van der Waals surface area contributed by atoms with Crippen LogP contribution < -0.4 is 11.5 Å². The Kier molecular flexibility index (Phi) is 5.62. The van der Waals surface area contributed by atoms with Crippen molar-refractivity contribution in [2.45, 2.75) is 6.54 Å². The maximum absolute atomic E-state index is 6.18. The number of halogens is 1. The first-order valence-corrected chi connectivity index (χ1v) is 9.55. The Labute approximate surface area is 185 Å². The number of hydrogen-bond acceptors (Lipinski definition) is 6. The minimum atomic E-state index is 0. The van der Waals surface area contributed by atoms with Gasteiger partial charge >= 0.3 is 0 Å². The Bertz CT molecular complexity index is 1330. The van der Waals surface area contributed by atoms with Gasteiger partial charge < -0.3 is 11.5 Å². The molecule has 4 N–H and O–H groups in total. The van der Waals surface area contributed by atoms with Crippen molar-refractivity contribution in [3.8, 4) is 28.3 Å². The standard InChI is InChI=1S/C23H19N7.ClH/c24-13-15-5-7-17(8-6-15)30-22(18-4-2-12-27-21(18)25)29-20-10-9-19(28-23(20)30)16-3-1-11-26-14-16;/h1-12,14H,13,24H2,(H2,25,27);1H. The lowest BCUT2D eigenvalue weighted by Gasteiger charge is -2.11. The first kappa shape index (κ1) is 20.5. The first-order valence-electron chi connectivity index (χ1n) is 9.55. The number of aromatic nitrogens is 5. The van der Waals surface area contributed by atoms with E-state index in [0.717, 1.165) is 39.2 Å². The van der Waals surface area contributed by atoms with Gasteiger partial charge in [-0.15, -0.1) is 12.4 Å². The molecule has 0 aliphatic heterocycles. The molecule has 5 rings (SSSR count). The van der Waals surface area contributed by atoms with Crippen LogP contribution in [0.1, 0.15) is 5.56 Å². The smallest absolute Gasteiger partial charge is 0.165 e. The highest BCUT2D eigenvalue weighted by Crippen LogP contribution is 2.31. The van der Waals surface area contributed by atoms with E-state index in [-0.39, 0.29) is 12.4 Å². The van der Waals surface area contributed by atoms with E-state index >= 15 is 0 Å². The molecule has 0 amide bonds. The predicted octanol–water partition coefficient (Wildman–Crippen LogP) is 4.01. The fourth-order valence-electron chi connectivity index (χ4n) is 3.45. The molecule has 1 aromatic carbocycles. The highest BCUT2D eigenvalue weighted by molar-refractivity contribution is 5.85. The second kappa shape index (κ2) is 8.51. The molecule has 7 nitrogen and oxygen atoms in total. The van der Waals surface area contributed by atoms with Crippen LogP contribution in [0, 0.1) is 0 Å². The van der Waals surface area contributed by atoms with Gasteiger partial charge in [0.1, 0.15) is 11.3 Å². The number of hydrogen-bond donors (Lipinski definition) is 2. The second-order valence-corrected chi connectivity index (χ2v) is 6.86. The summed E-state index contributed by atoms with van der Waals surface area (Å²) in [4.78, 5) is 18.2. The fraction of sp³-hybridized carbons (Fsp3) is 0.0435. The van der Waals surface area contributed by atoms with Crippen LogP contribution in [-0.4, -0.2) is 24.5 Å². The van der Waals surface area contributed by atoms with Gasteiger partial charge in [-0.3, -0.25) is 9.55 Å². The number of anilines is 1. The van der Waals surface area contributed by atoms with Crippen molar-refractivity contribution >= 4 is 29.4 Å². The zero-order chi connectivity index (χ0) is 20.5. The number of pyridine rings is 3. The molecule has 0 aliphatic carbocycles. The normalized spacial score (nSPS) is 10.7. The minimum Gasteiger partial charge on any atom is -0.383 e. The molecule has 0 spiro atoms. The molecule has 154 valence electrons. The van der Waals surface area contributed by atoms with Gasteiger partial charge in [0.2, 0.25) is 0 Å². The van der Waals surface area contributed by atoms with Gasteiger partial charge in [0.25, 0.3) is 0 Å². The van der Waals surface area contributed by atoms with E-state index in [4.69, 9.17) is 21.4 Å². The van der Waals surface area contributed by atoms with E-state index in [1.165, 1.54) is 0 Å². The maximum atomic E-state index is 6.18. The summed E-state index contributed by atoms with van der Waals surface area (Å²) in [7, 11) is 0. The van der Waals surface area contributed by atoms with Crippen LogP contribution in [0.3, 0.4) is 0 Å². The molecule has 31 heavy (non-hydrogen) atoms. The molecule has 0 fully saturated rings. The Morgan fingerprint density at radius 3 is 2.39 bits per heavy atom. The van der Waals surface area contributed by atoms with E-state index in [2.05, 4.69) is 9.97 Å². The third kappa shape index (κ3) is 3.72. The van der Waals surface area contributed by atoms with E-state index in [1.807, 2.05) is 65.2 Å². The summed E-state index contributed by atoms with van der Waals surface area (Å²) in [6.07, 6.45) is 5.21. The average molecular weight is 430 g/mol. The summed E-state index contributed by atoms with van der Waals surface area (Å²) in [6.45, 7) is 0.483. The van der Waals surface area contributed by atoms with Crippen LogP contribution in [0.15, 0.2) is 79.3 Å². The van der Waals surface area contributed by atoms with Crippen molar-refractivity contribution < 1.29 is 0 Å². The number of nitrogens with two attached hydrogens (primary N) is 2. The third-order valence-corrected chi connectivity index (χ3v) is 4.97. The van der Waals surface area contributed by atoms with Crippen molar-refractivity contribution in [2.75, 3.05) is 5.73 Å². The van der Waals surface area contributed by atoms with Gasteiger partial charge in [0.05, 0.1) is 11.3 Å². The summed E-state index contributed by atoms with van der Waals surface area (Å²) >= 11 is 0. The molecule has 0 saturated heterocycles. The molecular formula is C23H20ClN7. The lowest BCUT2D eigenvalue weighted by Crippen LogP contribution is -2.03. The lowest BCUT2D eigenvalue weighted by molar-refractivity contribution is 1.05. The van der Waals surface area contributed by atoms with Crippen LogP contribution in [0.4, 0.5) is 5.82 Å². The Morgan fingerprint density at radius 1 is 0.871 bits per heavy atom. The molecule has 5 aromatic rings. The fourth-order valence-corrected chi connectivity index (χ4v) is 3.45. The van der Waals surface area contributed by atoms with Gasteiger partial charge in [-0.05, 0) is 54.1 Å². The molecule has 0 saturated carbocycles. The minimum absolute atomic E-state index is 0. The highest BCUT2D eigenvalue weighted by Gasteiger charge is 2.18. The van der Waals surface area contributed by atoms with E-state index in [0.29, 0.717) is 18.2 Å². The van der Waals surface area contributed by atoms with Gasteiger partial charge in [-0.1, -0.05) is 12.1 Å². The van der Waals surface area contributed by atoms with Gasteiger partial charge in [0.15, 0.2) is 11.5 Å². The predicted molar refractivity (Wildman–Crippen MR) is 125 cm³/mol. The third-order valence-electron chi connectivity index (χ3n) is 4.97. The van der Waals surface area contributed by atoms with Gasteiger partial charge in [-0.2, -0.15) is 0 Å².